The Kier molecular flexibility index (Phi) is 7.98. The number of methoxy groups -OCH3 is 1. The van der Waals surface area contributed by atoms with Crippen LogP contribution in [0, 0.1) is 0 Å². The Bertz CT molecular complexity index is 1570. The standard InChI is InChI=1S/C29H22Cl2N4O2S/c1-37-24-15-13-22(14-16-24)32-28(36)20-11-9-19(10-12-20)18-38-29-34-33-27(25-7-2-3-8-26(25)31)35(29)23-6-4-5-21(30)17-23/h2-17H,18H2,1H3,(H,32,36). The summed E-state index contributed by atoms with van der Waals surface area (Å²) in [6.45, 7) is 0. The molecule has 0 aliphatic carbocycles. The predicted octanol–water partition coefficient (Wildman–Crippen LogP) is 7.79. The molecule has 0 fully saturated rings. The van der Waals surface area contributed by atoms with Crippen LogP contribution in [0.1, 0.15) is 15.9 Å². The highest BCUT2D eigenvalue weighted by molar-refractivity contribution is 7.98. The van der Waals surface area contributed by atoms with Gasteiger partial charge >= 0.3 is 0 Å². The van der Waals surface area contributed by atoms with Gasteiger partial charge in [0.25, 0.3) is 5.91 Å². The van der Waals surface area contributed by atoms with Crippen LogP contribution in [0.15, 0.2) is 102 Å². The third kappa shape index (κ3) is 5.86. The Balaban J connectivity index is 1.34. The molecule has 0 bridgehead atoms. The first kappa shape index (κ1) is 25.9. The van der Waals surface area contributed by atoms with E-state index in [2.05, 4.69) is 15.5 Å². The number of aromatic nitrogens is 3. The molecule has 0 radical (unpaired) electrons. The molecule has 0 atom stereocenters. The number of hydrogen-bond acceptors (Lipinski definition) is 5. The van der Waals surface area contributed by atoms with Crippen LogP contribution in [-0.4, -0.2) is 27.8 Å². The summed E-state index contributed by atoms with van der Waals surface area (Å²) in [5.41, 5.74) is 3.92. The van der Waals surface area contributed by atoms with Crippen molar-refractivity contribution in [3.05, 3.63) is 118 Å². The summed E-state index contributed by atoms with van der Waals surface area (Å²) in [5, 5.41) is 13.7. The Morgan fingerprint density at radius 3 is 2.39 bits per heavy atom. The van der Waals surface area contributed by atoms with Gasteiger partial charge < -0.3 is 10.1 Å². The highest BCUT2D eigenvalue weighted by Gasteiger charge is 2.18. The molecule has 0 saturated carbocycles. The second kappa shape index (κ2) is 11.7. The third-order valence-electron chi connectivity index (χ3n) is 5.75. The Hall–Kier alpha value is -3.78. The van der Waals surface area contributed by atoms with E-state index in [0.717, 1.165) is 22.6 Å². The van der Waals surface area contributed by atoms with Crippen LogP contribution in [0.3, 0.4) is 0 Å². The molecule has 0 aliphatic rings. The molecule has 4 aromatic carbocycles. The fourth-order valence-electron chi connectivity index (χ4n) is 3.81. The molecular formula is C29H22Cl2N4O2S. The highest BCUT2D eigenvalue weighted by Crippen LogP contribution is 2.33. The van der Waals surface area contributed by atoms with Gasteiger partial charge in [0.1, 0.15) is 5.75 Å². The Morgan fingerprint density at radius 2 is 1.68 bits per heavy atom. The minimum absolute atomic E-state index is 0.181. The number of halogens is 2. The fraction of sp³-hybridized carbons (Fsp3) is 0.0690. The molecule has 1 amide bonds. The number of amides is 1. The third-order valence-corrected chi connectivity index (χ3v) is 7.31. The minimum atomic E-state index is -0.181. The molecule has 0 saturated heterocycles. The van der Waals surface area contributed by atoms with E-state index >= 15 is 0 Å². The molecule has 190 valence electrons. The van der Waals surface area contributed by atoms with Crippen molar-refractivity contribution in [1.82, 2.24) is 14.8 Å². The largest absolute Gasteiger partial charge is 0.497 e. The number of anilines is 1. The number of hydrogen-bond donors (Lipinski definition) is 1. The number of benzene rings is 4. The van der Waals surface area contributed by atoms with Gasteiger partial charge in [0, 0.05) is 27.6 Å². The highest BCUT2D eigenvalue weighted by atomic mass is 35.5. The van der Waals surface area contributed by atoms with Crippen molar-refractivity contribution in [2.75, 3.05) is 12.4 Å². The molecule has 9 heteroatoms. The van der Waals surface area contributed by atoms with Gasteiger partial charge in [0.15, 0.2) is 11.0 Å². The van der Waals surface area contributed by atoms with E-state index in [4.69, 9.17) is 27.9 Å². The molecular weight excluding hydrogens is 539 g/mol. The lowest BCUT2D eigenvalue weighted by Crippen LogP contribution is -2.11. The van der Waals surface area contributed by atoms with Crippen LogP contribution >= 0.6 is 35.0 Å². The van der Waals surface area contributed by atoms with E-state index in [1.54, 1.807) is 31.4 Å². The van der Waals surface area contributed by atoms with E-state index in [1.165, 1.54) is 11.8 Å². The average molecular weight is 561 g/mol. The van der Waals surface area contributed by atoms with Crippen LogP contribution in [-0.2, 0) is 5.75 Å². The number of rotatable bonds is 8. The van der Waals surface area contributed by atoms with E-state index in [-0.39, 0.29) is 5.91 Å². The van der Waals surface area contributed by atoms with Gasteiger partial charge in [0.05, 0.1) is 17.8 Å². The summed E-state index contributed by atoms with van der Waals surface area (Å²) in [5.74, 6) is 1.81. The Labute approximate surface area is 234 Å². The summed E-state index contributed by atoms with van der Waals surface area (Å²) in [6, 6.07) is 29.8. The average Bonchev–Trinajstić information content (AvgIpc) is 3.36. The van der Waals surface area contributed by atoms with Crippen LogP contribution in [0.25, 0.3) is 17.1 Å². The lowest BCUT2D eigenvalue weighted by molar-refractivity contribution is 0.102. The zero-order valence-electron chi connectivity index (χ0n) is 20.3. The summed E-state index contributed by atoms with van der Waals surface area (Å²) >= 11 is 14.3. The summed E-state index contributed by atoms with van der Waals surface area (Å²) in [4.78, 5) is 12.7. The molecule has 0 spiro atoms. The van der Waals surface area contributed by atoms with Crippen LogP contribution in [0.5, 0.6) is 5.75 Å². The number of thioether (sulfide) groups is 1. The van der Waals surface area contributed by atoms with Crippen LogP contribution < -0.4 is 10.1 Å². The molecule has 5 rings (SSSR count). The van der Waals surface area contributed by atoms with Gasteiger partial charge in [-0.25, -0.2) is 0 Å². The molecule has 1 aromatic heterocycles. The molecule has 0 unspecified atom stereocenters. The smallest absolute Gasteiger partial charge is 0.255 e. The molecule has 5 aromatic rings. The maximum absolute atomic E-state index is 12.7. The number of nitrogens with one attached hydrogen (secondary N) is 1. The first-order valence-corrected chi connectivity index (χ1v) is 13.4. The Morgan fingerprint density at radius 1 is 0.921 bits per heavy atom. The fourth-order valence-corrected chi connectivity index (χ4v) is 5.12. The van der Waals surface area contributed by atoms with Gasteiger partial charge in [-0.15, -0.1) is 10.2 Å². The zero-order chi connectivity index (χ0) is 26.5. The van der Waals surface area contributed by atoms with Gasteiger partial charge in [0.2, 0.25) is 0 Å². The molecule has 1 N–H and O–H groups in total. The van der Waals surface area contributed by atoms with Crippen LogP contribution in [0.2, 0.25) is 10.0 Å². The summed E-state index contributed by atoms with van der Waals surface area (Å²) < 4.78 is 7.11. The van der Waals surface area contributed by atoms with E-state index in [0.29, 0.717) is 38.0 Å². The van der Waals surface area contributed by atoms with Gasteiger partial charge in [-0.3, -0.25) is 9.36 Å². The lowest BCUT2D eigenvalue weighted by atomic mass is 10.1. The van der Waals surface area contributed by atoms with Crippen molar-refractivity contribution in [2.45, 2.75) is 10.9 Å². The number of carbonyl (C=O) groups excluding carboxylic acids is 1. The van der Waals surface area contributed by atoms with Crippen LogP contribution in [0.4, 0.5) is 5.69 Å². The number of ether oxygens (including phenoxy) is 1. The topological polar surface area (TPSA) is 69.0 Å². The molecule has 0 aliphatic heterocycles. The first-order chi connectivity index (χ1) is 18.5. The predicted molar refractivity (Wildman–Crippen MR) is 154 cm³/mol. The monoisotopic (exact) mass is 560 g/mol. The second-order valence-corrected chi connectivity index (χ2v) is 10.1. The quantitative estimate of drug-likeness (QED) is 0.196. The summed E-state index contributed by atoms with van der Waals surface area (Å²) in [7, 11) is 1.60. The van der Waals surface area contributed by atoms with Gasteiger partial charge in [-0.2, -0.15) is 0 Å². The van der Waals surface area contributed by atoms with Crippen molar-refractivity contribution in [2.24, 2.45) is 0 Å². The van der Waals surface area contributed by atoms with Crippen molar-refractivity contribution < 1.29 is 9.53 Å². The molecule has 38 heavy (non-hydrogen) atoms. The normalized spacial score (nSPS) is 10.8. The van der Waals surface area contributed by atoms with E-state index in [9.17, 15) is 4.79 Å². The number of nitrogens with zero attached hydrogens (tertiary/aromatic N) is 3. The van der Waals surface area contributed by atoms with Crippen molar-refractivity contribution in [3.63, 3.8) is 0 Å². The second-order valence-electron chi connectivity index (χ2n) is 8.27. The number of carbonyl (C=O) groups is 1. The SMILES string of the molecule is COc1ccc(NC(=O)c2ccc(CSc3nnc(-c4ccccc4Cl)n3-c3cccc(Cl)c3)cc2)cc1. The van der Waals surface area contributed by atoms with Crippen molar-refractivity contribution in [1.29, 1.82) is 0 Å². The summed E-state index contributed by atoms with van der Waals surface area (Å²) in [6.07, 6.45) is 0. The maximum atomic E-state index is 12.7. The molecule has 6 nitrogen and oxygen atoms in total. The van der Waals surface area contributed by atoms with E-state index in [1.807, 2.05) is 77.4 Å². The minimum Gasteiger partial charge on any atom is -0.497 e. The van der Waals surface area contributed by atoms with E-state index < -0.39 is 0 Å². The van der Waals surface area contributed by atoms with Crippen molar-refractivity contribution >= 4 is 46.6 Å². The van der Waals surface area contributed by atoms with Gasteiger partial charge in [-0.1, -0.05) is 65.3 Å². The molecule has 1 heterocycles. The van der Waals surface area contributed by atoms with Gasteiger partial charge in [-0.05, 0) is 72.3 Å². The lowest BCUT2D eigenvalue weighted by Gasteiger charge is -2.12. The maximum Gasteiger partial charge on any atom is 0.255 e. The zero-order valence-corrected chi connectivity index (χ0v) is 22.6. The van der Waals surface area contributed by atoms with Crippen molar-refractivity contribution in [3.8, 4) is 22.8 Å². The first-order valence-electron chi connectivity index (χ1n) is 11.7.